The highest BCUT2D eigenvalue weighted by Crippen LogP contribution is 2.34. The predicted octanol–water partition coefficient (Wildman–Crippen LogP) is 5.56. The normalized spacial score (nSPS) is 14.2. The first-order valence-electron chi connectivity index (χ1n) is 12.8. The van der Waals surface area contributed by atoms with Gasteiger partial charge in [-0.2, -0.15) is 5.10 Å². The van der Waals surface area contributed by atoms with Crippen molar-refractivity contribution in [2.75, 3.05) is 32.6 Å². The molecule has 0 unspecified atom stereocenters. The van der Waals surface area contributed by atoms with Gasteiger partial charge in [0.25, 0.3) is 5.91 Å². The number of benzene rings is 2. The number of nitrogens with one attached hydrogen (secondary N) is 1. The molecule has 1 aromatic heterocycles. The number of rotatable bonds is 6. The Morgan fingerprint density at radius 1 is 0.974 bits per heavy atom. The van der Waals surface area contributed by atoms with Crippen molar-refractivity contribution in [1.82, 2.24) is 14.7 Å². The number of carbonyl (C=O) groups excluding carboxylic acids is 2. The van der Waals surface area contributed by atoms with E-state index in [1.807, 2.05) is 56.6 Å². The highest BCUT2D eigenvalue weighted by Gasteiger charge is 2.32. The van der Waals surface area contributed by atoms with E-state index in [4.69, 9.17) is 14.2 Å². The van der Waals surface area contributed by atoms with Crippen molar-refractivity contribution in [3.05, 3.63) is 65.5 Å². The second-order valence-electron chi connectivity index (χ2n) is 10.5. The summed E-state index contributed by atoms with van der Waals surface area (Å²) in [6, 6.07) is 13.3. The lowest BCUT2D eigenvalue weighted by molar-refractivity contribution is 0.0203. The molecule has 2 amide bonds. The van der Waals surface area contributed by atoms with E-state index in [1.165, 1.54) is 0 Å². The third kappa shape index (κ3) is 6.10. The number of amides is 2. The molecule has 2 aromatic carbocycles. The number of piperidine rings is 1. The molecule has 202 valence electrons. The average molecular weight is 521 g/mol. The highest BCUT2D eigenvalue weighted by molar-refractivity contribution is 6.05. The van der Waals surface area contributed by atoms with E-state index >= 15 is 0 Å². The Morgan fingerprint density at radius 3 is 2.24 bits per heavy atom. The van der Waals surface area contributed by atoms with Crippen LogP contribution in [0.3, 0.4) is 0 Å². The van der Waals surface area contributed by atoms with Crippen molar-refractivity contribution < 1.29 is 23.8 Å². The molecule has 1 saturated heterocycles. The number of aromatic nitrogens is 2. The number of nitrogens with zero attached hydrogens (tertiary/aromatic N) is 3. The Hall–Kier alpha value is -4.01. The minimum Gasteiger partial charge on any atom is -0.493 e. The number of methoxy groups -OCH3 is 2. The van der Waals surface area contributed by atoms with Gasteiger partial charge in [0.1, 0.15) is 5.60 Å². The van der Waals surface area contributed by atoms with Gasteiger partial charge in [-0.1, -0.05) is 17.7 Å². The van der Waals surface area contributed by atoms with E-state index in [2.05, 4.69) is 10.4 Å². The van der Waals surface area contributed by atoms with Crippen LogP contribution in [0.2, 0.25) is 0 Å². The van der Waals surface area contributed by atoms with Crippen molar-refractivity contribution in [2.24, 2.45) is 0 Å². The largest absolute Gasteiger partial charge is 0.493 e. The van der Waals surface area contributed by atoms with Gasteiger partial charge < -0.3 is 24.4 Å². The SMILES string of the molecule is COc1ccc(NC(=O)c2cnn(-c3ccc(C)cc3)c2C2CCN(C(=O)OC(C)(C)C)CC2)cc1OC. The third-order valence-corrected chi connectivity index (χ3v) is 6.50. The minimum atomic E-state index is -0.548. The Morgan fingerprint density at radius 2 is 1.63 bits per heavy atom. The molecule has 0 saturated carbocycles. The number of anilines is 1. The zero-order chi connectivity index (χ0) is 27.4. The molecule has 0 aliphatic carbocycles. The fraction of sp³-hybridized carbons (Fsp3) is 0.414. The summed E-state index contributed by atoms with van der Waals surface area (Å²) in [7, 11) is 3.12. The number of ether oxygens (including phenoxy) is 3. The van der Waals surface area contributed by atoms with E-state index in [1.54, 1.807) is 43.5 Å². The van der Waals surface area contributed by atoms with Crippen LogP contribution in [0.25, 0.3) is 5.69 Å². The molecule has 1 N–H and O–H groups in total. The molecule has 9 heteroatoms. The van der Waals surface area contributed by atoms with Crippen LogP contribution in [0.4, 0.5) is 10.5 Å². The van der Waals surface area contributed by atoms with Crippen LogP contribution < -0.4 is 14.8 Å². The maximum absolute atomic E-state index is 13.5. The van der Waals surface area contributed by atoms with Crippen LogP contribution in [0, 0.1) is 6.92 Å². The van der Waals surface area contributed by atoms with Crippen LogP contribution >= 0.6 is 0 Å². The molecule has 0 radical (unpaired) electrons. The van der Waals surface area contributed by atoms with Crippen LogP contribution in [-0.4, -0.2) is 59.6 Å². The Balaban J connectivity index is 1.62. The monoisotopic (exact) mass is 520 g/mol. The quantitative estimate of drug-likeness (QED) is 0.457. The van der Waals surface area contributed by atoms with Gasteiger partial charge in [0, 0.05) is 30.8 Å². The first-order chi connectivity index (χ1) is 18.1. The number of hydrogen-bond donors (Lipinski definition) is 1. The highest BCUT2D eigenvalue weighted by atomic mass is 16.6. The summed E-state index contributed by atoms with van der Waals surface area (Å²) in [5, 5.41) is 7.60. The summed E-state index contributed by atoms with van der Waals surface area (Å²) in [5.41, 5.74) is 3.38. The van der Waals surface area contributed by atoms with Crippen molar-refractivity contribution in [2.45, 2.75) is 52.1 Å². The predicted molar refractivity (Wildman–Crippen MR) is 146 cm³/mol. The summed E-state index contributed by atoms with van der Waals surface area (Å²) in [5.74, 6) is 0.870. The Kier molecular flexibility index (Phi) is 7.94. The van der Waals surface area contributed by atoms with Crippen molar-refractivity contribution in [3.63, 3.8) is 0 Å². The Labute approximate surface area is 223 Å². The molecule has 4 rings (SSSR count). The van der Waals surface area contributed by atoms with Gasteiger partial charge in [-0.05, 0) is 64.8 Å². The molecule has 1 aliphatic rings. The maximum atomic E-state index is 13.5. The van der Waals surface area contributed by atoms with Crippen LogP contribution in [0.15, 0.2) is 48.7 Å². The number of likely N-dealkylation sites (tertiary alicyclic amines) is 1. The number of carbonyl (C=O) groups is 2. The number of hydrogen-bond acceptors (Lipinski definition) is 6. The van der Waals surface area contributed by atoms with Crippen molar-refractivity contribution >= 4 is 17.7 Å². The van der Waals surface area contributed by atoms with Gasteiger partial charge in [-0.15, -0.1) is 0 Å². The van der Waals surface area contributed by atoms with Gasteiger partial charge in [0.2, 0.25) is 0 Å². The summed E-state index contributed by atoms with van der Waals surface area (Å²) in [6.45, 7) is 8.69. The molecule has 9 nitrogen and oxygen atoms in total. The summed E-state index contributed by atoms with van der Waals surface area (Å²) in [6.07, 6.45) is 2.68. The van der Waals surface area contributed by atoms with Gasteiger partial charge in [-0.25, -0.2) is 9.48 Å². The molecule has 38 heavy (non-hydrogen) atoms. The van der Waals surface area contributed by atoms with E-state index < -0.39 is 5.60 Å². The molecule has 1 aliphatic heterocycles. The van der Waals surface area contributed by atoms with E-state index in [0.717, 1.165) is 16.9 Å². The second-order valence-corrected chi connectivity index (χ2v) is 10.5. The Bertz CT molecular complexity index is 1290. The first kappa shape index (κ1) is 27.0. The molecule has 1 fully saturated rings. The van der Waals surface area contributed by atoms with Gasteiger partial charge in [-0.3, -0.25) is 4.79 Å². The van der Waals surface area contributed by atoms with Crippen LogP contribution in [-0.2, 0) is 4.74 Å². The lowest BCUT2D eigenvalue weighted by atomic mass is 9.90. The van der Waals surface area contributed by atoms with Gasteiger partial charge in [0.15, 0.2) is 11.5 Å². The minimum absolute atomic E-state index is 0.0312. The molecule has 0 spiro atoms. The zero-order valence-corrected chi connectivity index (χ0v) is 22.9. The van der Waals surface area contributed by atoms with Crippen molar-refractivity contribution in [3.8, 4) is 17.2 Å². The first-order valence-corrected chi connectivity index (χ1v) is 12.8. The molecule has 3 aromatic rings. The molecular weight excluding hydrogens is 484 g/mol. The summed E-state index contributed by atoms with van der Waals surface area (Å²) < 4.78 is 18.1. The van der Waals surface area contributed by atoms with E-state index in [0.29, 0.717) is 48.7 Å². The molecule has 2 heterocycles. The van der Waals surface area contributed by atoms with E-state index in [9.17, 15) is 9.59 Å². The standard InChI is InChI=1S/C29H36N4O5/c1-19-7-10-22(11-8-19)33-26(20-13-15-32(16-14-20)28(35)38-29(2,3)4)23(18-30-33)27(34)31-21-9-12-24(36-5)25(17-21)37-6/h7-12,17-18,20H,13-16H2,1-6H3,(H,31,34). The van der Waals surface area contributed by atoms with Crippen LogP contribution in [0.5, 0.6) is 11.5 Å². The third-order valence-electron chi connectivity index (χ3n) is 6.50. The molecule has 0 atom stereocenters. The average Bonchev–Trinajstić information content (AvgIpc) is 3.33. The topological polar surface area (TPSA) is 94.9 Å². The second kappa shape index (κ2) is 11.2. The fourth-order valence-electron chi connectivity index (χ4n) is 4.59. The van der Waals surface area contributed by atoms with Crippen molar-refractivity contribution in [1.29, 1.82) is 0 Å². The fourth-order valence-corrected chi connectivity index (χ4v) is 4.59. The zero-order valence-electron chi connectivity index (χ0n) is 22.9. The lowest BCUT2D eigenvalue weighted by Gasteiger charge is -2.34. The van der Waals surface area contributed by atoms with Gasteiger partial charge >= 0.3 is 6.09 Å². The maximum Gasteiger partial charge on any atom is 0.410 e. The number of aryl methyl sites for hydroxylation is 1. The summed E-state index contributed by atoms with van der Waals surface area (Å²) >= 11 is 0. The smallest absolute Gasteiger partial charge is 0.410 e. The van der Waals surface area contributed by atoms with Gasteiger partial charge in [0.05, 0.1) is 37.4 Å². The van der Waals surface area contributed by atoms with Crippen LogP contribution in [0.1, 0.15) is 61.1 Å². The summed E-state index contributed by atoms with van der Waals surface area (Å²) in [4.78, 5) is 27.9. The molecular formula is C29H36N4O5. The molecule has 0 bridgehead atoms. The lowest BCUT2D eigenvalue weighted by Crippen LogP contribution is -2.41. The van der Waals surface area contributed by atoms with E-state index in [-0.39, 0.29) is 17.9 Å².